The average Bonchev–Trinajstić information content (AvgIpc) is 3.04. The summed E-state index contributed by atoms with van der Waals surface area (Å²) in [5.74, 6) is 1.51. The largest absolute Gasteiger partial charge is 0.447 e. The number of rotatable bonds is 6. The molecule has 1 N–H and O–H groups in total. The Morgan fingerprint density at radius 1 is 1.19 bits per heavy atom. The summed E-state index contributed by atoms with van der Waals surface area (Å²) >= 11 is 6.80. The van der Waals surface area contributed by atoms with Gasteiger partial charge in [0.05, 0.1) is 8.66 Å². The first-order chi connectivity index (χ1) is 13.2. The van der Waals surface area contributed by atoms with Gasteiger partial charge < -0.3 is 10.1 Å². The molecule has 1 aromatic carbocycles. The first-order valence-corrected chi connectivity index (χ1v) is 11.5. The van der Waals surface area contributed by atoms with E-state index in [-0.39, 0.29) is 6.23 Å². The summed E-state index contributed by atoms with van der Waals surface area (Å²) in [6.45, 7) is 2.20. The lowest BCUT2D eigenvalue weighted by molar-refractivity contribution is 0.229. The number of hydrogen-bond donors (Lipinski definition) is 1. The smallest absolute Gasteiger partial charge is 0.247 e. The SMILES string of the molecule is CCCCCSc1nnc2c(n1)O[C@H](c1ccc(Br)s1)Nc1ccccc1-2. The fraction of sp³-hybridized carbons (Fsp3) is 0.316. The van der Waals surface area contributed by atoms with Crippen molar-refractivity contribution in [1.82, 2.24) is 15.2 Å². The molecular weight excluding hydrogens is 444 g/mol. The summed E-state index contributed by atoms with van der Waals surface area (Å²) in [4.78, 5) is 5.74. The molecule has 1 aliphatic heterocycles. The number of benzene rings is 1. The molecule has 8 heteroatoms. The maximum Gasteiger partial charge on any atom is 0.247 e. The molecule has 0 radical (unpaired) electrons. The van der Waals surface area contributed by atoms with Gasteiger partial charge in [-0.05, 0) is 40.5 Å². The molecule has 1 aliphatic rings. The van der Waals surface area contributed by atoms with Crippen LogP contribution in [0.25, 0.3) is 11.3 Å². The lowest BCUT2D eigenvalue weighted by atomic mass is 10.1. The summed E-state index contributed by atoms with van der Waals surface area (Å²) < 4.78 is 7.32. The molecule has 0 unspecified atom stereocenters. The van der Waals surface area contributed by atoms with Gasteiger partial charge in [0, 0.05) is 17.0 Å². The molecule has 0 saturated heterocycles. The van der Waals surface area contributed by atoms with Crippen molar-refractivity contribution in [3.8, 4) is 17.1 Å². The predicted octanol–water partition coefficient (Wildman–Crippen LogP) is 6.15. The Morgan fingerprint density at radius 3 is 2.89 bits per heavy atom. The number of fused-ring (bicyclic) bond motifs is 3. The van der Waals surface area contributed by atoms with Crippen molar-refractivity contribution in [2.75, 3.05) is 11.1 Å². The van der Waals surface area contributed by atoms with Crippen LogP contribution in [0.3, 0.4) is 0 Å². The number of nitrogens with one attached hydrogen (secondary N) is 1. The van der Waals surface area contributed by atoms with Gasteiger partial charge in [0.25, 0.3) is 0 Å². The van der Waals surface area contributed by atoms with Crippen LogP contribution in [0.2, 0.25) is 0 Å². The Kier molecular flexibility index (Phi) is 5.95. The molecule has 0 spiro atoms. The van der Waals surface area contributed by atoms with E-state index in [4.69, 9.17) is 4.74 Å². The Hall–Kier alpha value is -1.64. The quantitative estimate of drug-likeness (QED) is 0.350. The minimum atomic E-state index is -0.321. The van der Waals surface area contributed by atoms with E-state index in [1.54, 1.807) is 23.1 Å². The number of anilines is 1. The lowest BCUT2D eigenvalue weighted by Crippen LogP contribution is -2.15. The molecule has 140 valence electrons. The number of ether oxygens (including phenoxy) is 1. The maximum absolute atomic E-state index is 6.26. The molecule has 0 fully saturated rings. The molecule has 0 bridgehead atoms. The van der Waals surface area contributed by atoms with Crippen LogP contribution >= 0.6 is 39.0 Å². The summed E-state index contributed by atoms with van der Waals surface area (Å²) in [7, 11) is 0. The third-order valence-corrected chi connectivity index (χ3v) is 6.76. The van der Waals surface area contributed by atoms with E-state index in [0.717, 1.165) is 32.1 Å². The molecule has 1 atom stereocenters. The van der Waals surface area contributed by atoms with Crippen molar-refractivity contribution in [2.24, 2.45) is 0 Å². The fourth-order valence-electron chi connectivity index (χ4n) is 2.82. The second-order valence-electron chi connectivity index (χ2n) is 6.13. The monoisotopic (exact) mass is 462 g/mol. The molecule has 0 saturated carbocycles. The first-order valence-electron chi connectivity index (χ1n) is 8.90. The third kappa shape index (κ3) is 4.28. The van der Waals surface area contributed by atoms with Gasteiger partial charge in [-0.1, -0.05) is 49.7 Å². The van der Waals surface area contributed by atoms with Crippen LogP contribution in [-0.4, -0.2) is 20.9 Å². The number of halogens is 1. The summed E-state index contributed by atoms with van der Waals surface area (Å²) in [6, 6.07) is 12.1. The fourth-order valence-corrected chi connectivity index (χ4v) is 5.00. The third-order valence-electron chi connectivity index (χ3n) is 4.17. The van der Waals surface area contributed by atoms with Gasteiger partial charge in [-0.3, -0.25) is 0 Å². The second kappa shape index (κ2) is 8.58. The van der Waals surface area contributed by atoms with Crippen molar-refractivity contribution in [3.63, 3.8) is 0 Å². The zero-order chi connectivity index (χ0) is 18.6. The number of unbranched alkanes of at least 4 members (excludes halogenated alkanes) is 2. The lowest BCUT2D eigenvalue weighted by Gasteiger charge is -2.17. The minimum absolute atomic E-state index is 0.321. The zero-order valence-electron chi connectivity index (χ0n) is 14.8. The Labute approximate surface area is 175 Å². The molecule has 27 heavy (non-hydrogen) atoms. The van der Waals surface area contributed by atoms with Crippen molar-refractivity contribution in [3.05, 3.63) is 45.1 Å². The number of nitrogens with zero attached hydrogens (tertiary/aromatic N) is 3. The number of hydrogen-bond acceptors (Lipinski definition) is 7. The average molecular weight is 463 g/mol. The van der Waals surface area contributed by atoms with Crippen LogP contribution in [0.5, 0.6) is 5.88 Å². The van der Waals surface area contributed by atoms with Crippen LogP contribution in [0.4, 0.5) is 5.69 Å². The Morgan fingerprint density at radius 2 is 2.07 bits per heavy atom. The van der Waals surface area contributed by atoms with Gasteiger partial charge in [-0.15, -0.1) is 21.5 Å². The molecule has 3 heterocycles. The van der Waals surface area contributed by atoms with Gasteiger partial charge in [-0.2, -0.15) is 4.98 Å². The van der Waals surface area contributed by atoms with Crippen molar-refractivity contribution < 1.29 is 4.74 Å². The molecule has 0 aliphatic carbocycles. The molecule has 3 aromatic rings. The van der Waals surface area contributed by atoms with Crippen LogP contribution in [0, 0.1) is 0 Å². The van der Waals surface area contributed by atoms with Gasteiger partial charge in [0.15, 0.2) is 5.69 Å². The number of aromatic nitrogens is 3. The summed E-state index contributed by atoms with van der Waals surface area (Å²) in [5.41, 5.74) is 2.59. The summed E-state index contributed by atoms with van der Waals surface area (Å²) in [6.07, 6.45) is 3.25. The molecule has 2 aromatic heterocycles. The van der Waals surface area contributed by atoms with Gasteiger partial charge in [0.2, 0.25) is 17.3 Å². The van der Waals surface area contributed by atoms with Crippen LogP contribution < -0.4 is 10.1 Å². The molecule has 5 nitrogen and oxygen atoms in total. The molecular formula is C19H19BrN4OS2. The van der Waals surface area contributed by atoms with Crippen LogP contribution in [-0.2, 0) is 0 Å². The molecule has 0 amide bonds. The Bertz CT molecular complexity index is 934. The van der Waals surface area contributed by atoms with Crippen molar-refractivity contribution in [1.29, 1.82) is 0 Å². The van der Waals surface area contributed by atoms with Gasteiger partial charge in [0.1, 0.15) is 0 Å². The number of thioether (sulfide) groups is 1. The van der Waals surface area contributed by atoms with E-state index in [1.807, 2.05) is 30.3 Å². The van der Waals surface area contributed by atoms with Crippen molar-refractivity contribution in [2.45, 2.75) is 37.6 Å². The summed E-state index contributed by atoms with van der Waals surface area (Å²) in [5, 5.41) is 12.9. The van der Waals surface area contributed by atoms with Crippen molar-refractivity contribution >= 4 is 44.7 Å². The van der Waals surface area contributed by atoms with Crippen LogP contribution in [0.15, 0.2) is 45.3 Å². The highest BCUT2D eigenvalue weighted by Gasteiger charge is 2.26. The zero-order valence-corrected chi connectivity index (χ0v) is 18.0. The first kappa shape index (κ1) is 18.7. The van der Waals surface area contributed by atoms with E-state index in [1.165, 1.54) is 12.8 Å². The van der Waals surface area contributed by atoms with E-state index >= 15 is 0 Å². The minimum Gasteiger partial charge on any atom is -0.447 e. The highest BCUT2D eigenvalue weighted by molar-refractivity contribution is 9.11. The maximum atomic E-state index is 6.26. The highest BCUT2D eigenvalue weighted by atomic mass is 79.9. The number of para-hydroxylation sites is 1. The van der Waals surface area contributed by atoms with E-state index in [9.17, 15) is 0 Å². The number of thiophene rings is 1. The van der Waals surface area contributed by atoms with E-state index < -0.39 is 0 Å². The highest BCUT2D eigenvalue weighted by Crippen LogP contribution is 2.41. The standard InChI is InChI=1S/C19H19BrN4OS2/c1-2-3-6-11-26-19-22-18-16(23-24-19)12-7-4-5-8-13(12)21-17(25-18)14-9-10-15(20)27-14/h4-5,7-10,17,21H,2-3,6,11H2,1H3/t17-/m1/s1. The molecule has 4 rings (SSSR count). The van der Waals surface area contributed by atoms with Crippen LogP contribution in [0.1, 0.15) is 37.3 Å². The van der Waals surface area contributed by atoms with E-state index in [0.29, 0.717) is 16.7 Å². The normalized spacial score (nSPS) is 15.3. The topological polar surface area (TPSA) is 59.9 Å². The second-order valence-corrected chi connectivity index (χ2v) is 9.69. The Balaban J connectivity index is 1.67. The predicted molar refractivity (Wildman–Crippen MR) is 115 cm³/mol. The van der Waals surface area contributed by atoms with Gasteiger partial charge in [-0.25, -0.2) is 0 Å². The van der Waals surface area contributed by atoms with E-state index in [2.05, 4.69) is 49.4 Å². The van der Waals surface area contributed by atoms with Gasteiger partial charge >= 0.3 is 0 Å².